The van der Waals surface area contributed by atoms with E-state index in [1.54, 1.807) is 6.08 Å². The van der Waals surface area contributed by atoms with Crippen LogP contribution in [0.2, 0.25) is 0 Å². The molecule has 31 heavy (non-hydrogen) atoms. The zero-order chi connectivity index (χ0) is 23.2. The fourth-order valence-electron chi connectivity index (χ4n) is 3.79. The summed E-state index contributed by atoms with van der Waals surface area (Å²) in [7, 11) is -2.19. The Morgan fingerprint density at radius 2 is 1.94 bits per heavy atom. The van der Waals surface area contributed by atoms with Gasteiger partial charge in [0, 0.05) is 38.0 Å². The summed E-state index contributed by atoms with van der Waals surface area (Å²) in [6.45, 7) is 11.4. The summed E-state index contributed by atoms with van der Waals surface area (Å²) in [6.07, 6.45) is 1.30. The van der Waals surface area contributed by atoms with Crippen LogP contribution < -0.4 is 0 Å². The zero-order valence-corrected chi connectivity index (χ0v) is 21.3. The molecule has 0 aromatic heterocycles. The predicted molar refractivity (Wildman–Crippen MR) is 118 cm³/mol. The molecule has 0 aromatic rings. The zero-order valence-electron chi connectivity index (χ0n) is 19.5. The van der Waals surface area contributed by atoms with Gasteiger partial charge in [0.2, 0.25) is 0 Å². The Kier molecular flexibility index (Phi) is 10.1. The number of rotatable bonds is 12. The first-order chi connectivity index (χ1) is 14.6. The monoisotopic (exact) mass is 478 g/mol. The first kappa shape index (κ1) is 26.9. The third kappa shape index (κ3) is 6.35. The Hall–Kier alpha value is -0.390. The van der Waals surface area contributed by atoms with Crippen LogP contribution in [-0.4, -0.2) is 68.6 Å². The Morgan fingerprint density at radius 1 is 1.29 bits per heavy atom. The van der Waals surface area contributed by atoms with Gasteiger partial charge in [-0.1, -0.05) is 6.92 Å². The van der Waals surface area contributed by atoms with E-state index in [1.165, 1.54) is 20.0 Å². The van der Waals surface area contributed by atoms with Crippen molar-refractivity contribution in [2.45, 2.75) is 70.9 Å². The van der Waals surface area contributed by atoms with Crippen LogP contribution in [0.25, 0.3) is 0 Å². The molecule has 5 atom stereocenters. The second-order valence-electron chi connectivity index (χ2n) is 8.31. The molecule has 2 aliphatic rings. The second kappa shape index (κ2) is 11.7. The molecular formula is C20H36N2O7P2. The van der Waals surface area contributed by atoms with E-state index < -0.39 is 27.8 Å². The van der Waals surface area contributed by atoms with Gasteiger partial charge in [-0.3, -0.25) is 4.57 Å². The molecule has 1 unspecified atom stereocenters. The van der Waals surface area contributed by atoms with Crippen molar-refractivity contribution >= 4 is 16.1 Å². The molecule has 2 aliphatic heterocycles. The van der Waals surface area contributed by atoms with E-state index in [0.29, 0.717) is 6.61 Å². The highest BCUT2D eigenvalue weighted by Gasteiger charge is 2.57. The summed E-state index contributed by atoms with van der Waals surface area (Å²) >= 11 is 0. The Morgan fingerprint density at radius 3 is 2.48 bits per heavy atom. The Labute approximate surface area is 187 Å². The molecule has 0 N–H and O–H groups in total. The molecule has 2 rings (SSSR count). The summed E-state index contributed by atoms with van der Waals surface area (Å²) in [5, 5.41) is 8.94. The smallest absolute Gasteiger partial charge is 0.353 e. The van der Waals surface area contributed by atoms with Crippen molar-refractivity contribution in [3.05, 3.63) is 11.9 Å². The molecule has 2 fully saturated rings. The average molecular weight is 478 g/mol. The largest absolute Gasteiger partial charge is 0.372 e. The van der Waals surface area contributed by atoms with Crippen LogP contribution in [0.1, 0.15) is 41.0 Å². The molecule has 2 heterocycles. The minimum Gasteiger partial charge on any atom is -0.372 e. The van der Waals surface area contributed by atoms with Gasteiger partial charge in [0.05, 0.1) is 38.4 Å². The lowest BCUT2D eigenvalue weighted by Crippen LogP contribution is -2.53. The van der Waals surface area contributed by atoms with Gasteiger partial charge < -0.3 is 27.6 Å². The van der Waals surface area contributed by atoms with Crippen molar-refractivity contribution in [3.63, 3.8) is 0 Å². The highest BCUT2D eigenvalue weighted by atomic mass is 31.2. The van der Waals surface area contributed by atoms with E-state index in [4.69, 9.17) is 32.8 Å². The van der Waals surface area contributed by atoms with Gasteiger partial charge in [-0.05, 0) is 33.8 Å². The van der Waals surface area contributed by atoms with Crippen molar-refractivity contribution in [1.82, 2.24) is 4.67 Å². The third-order valence-electron chi connectivity index (χ3n) is 5.37. The molecule has 2 bridgehead atoms. The topological polar surface area (TPSA) is 99.5 Å². The number of nitriles is 1. The molecule has 9 nitrogen and oxygen atoms in total. The van der Waals surface area contributed by atoms with Gasteiger partial charge in [0.15, 0.2) is 0 Å². The fraction of sp³-hybridized carbons (Fsp3) is 0.850. The van der Waals surface area contributed by atoms with Crippen LogP contribution in [-0.2, 0) is 32.1 Å². The van der Waals surface area contributed by atoms with Crippen molar-refractivity contribution in [1.29, 1.82) is 5.26 Å². The van der Waals surface area contributed by atoms with E-state index >= 15 is 0 Å². The number of ether oxygens (including phenoxy) is 2. The quantitative estimate of drug-likeness (QED) is 0.297. The highest BCUT2D eigenvalue weighted by molar-refractivity contribution is 7.57. The van der Waals surface area contributed by atoms with Crippen LogP contribution in [0.4, 0.5) is 0 Å². The number of hydrogen-bond donors (Lipinski definition) is 0. The molecule has 0 spiro atoms. The van der Waals surface area contributed by atoms with Gasteiger partial charge in [-0.2, -0.15) is 5.26 Å². The van der Waals surface area contributed by atoms with Crippen LogP contribution in [0.5, 0.6) is 0 Å². The summed E-state index contributed by atoms with van der Waals surface area (Å²) in [5.74, 6) is 1.53. The van der Waals surface area contributed by atoms with E-state index in [1.807, 2.05) is 0 Å². The number of nitrogens with zero attached hydrogens (tertiary/aromatic N) is 2. The van der Waals surface area contributed by atoms with Crippen molar-refractivity contribution < 1.29 is 32.1 Å². The molecule has 2 saturated heterocycles. The minimum atomic E-state index is -3.38. The van der Waals surface area contributed by atoms with Gasteiger partial charge in [-0.15, -0.1) is 0 Å². The summed E-state index contributed by atoms with van der Waals surface area (Å²) in [6, 6.07) is 2.45. The first-order valence-corrected chi connectivity index (χ1v) is 13.3. The standard InChI is InChI=1S/C20H36N2O7P2/c1-15(2)22(16(3)4)30(28-11-8-10-21)29-19-18-17(5)13-27-20(19,14-26-18)9-12-31(23,24-6)25-7/h9,12,15-19H,8,11,13-14H2,1-7H3/b12-9+/t17-,18+,19+,20+,30?/m1/s1. The normalized spacial score (nSPS) is 29.9. The summed E-state index contributed by atoms with van der Waals surface area (Å²) in [4.78, 5) is 0. The van der Waals surface area contributed by atoms with Gasteiger partial charge in [0.25, 0.3) is 8.53 Å². The number of hydrogen-bond acceptors (Lipinski definition) is 9. The van der Waals surface area contributed by atoms with Crippen molar-refractivity contribution in [2.24, 2.45) is 5.92 Å². The lowest BCUT2D eigenvalue weighted by atomic mass is 9.88. The Bertz CT molecular complexity index is 684. The summed E-state index contributed by atoms with van der Waals surface area (Å²) in [5.41, 5.74) is -0.928. The maximum Gasteiger partial charge on any atom is 0.353 e. The van der Waals surface area contributed by atoms with Crippen molar-refractivity contribution in [2.75, 3.05) is 34.0 Å². The molecular weight excluding hydrogens is 442 g/mol. The fourth-order valence-corrected chi connectivity index (χ4v) is 6.41. The van der Waals surface area contributed by atoms with Gasteiger partial charge in [0.1, 0.15) is 11.7 Å². The molecule has 0 aromatic carbocycles. The van der Waals surface area contributed by atoms with E-state index in [-0.39, 0.29) is 43.7 Å². The molecule has 0 radical (unpaired) electrons. The van der Waals surface area contributed by atoms with Gasteiger partial charge in [-0.25, -0.2) is 4.67 Å². The maximum atomic E-state index is 12.6. The van der Waals surface area contributed by atoms with E-state index in [0.717, 1.165) is 0 Å². The highest BCUT2D eigenvalue weighted by Crippen LogP contribution is 2.54. The van der Waals surface area contributed by atoms with Crippen LogP contribution >= 0.6 is 16.1 Å². The second-order valence-corrected chi connectivity index (χ2v) is 11.8. The maximum absolute atomic E-state index is 12.6. The number of fused-ring (bicyclic) bond motifs is 2. The van der Waals surface area contributed by atoms with Gasteiger partial charge >= 0.3 is 7.60 Å². The van der Waals surface area contributed by atoms with Crippen molar-refractivity contribution in [3.8, 4) is 6.07 Å². The lowest BCUT2D eigenvalue weighted by Gasteiger charge is -2.43. The molecule has 0 saturated carbocycles. The minimum absolute atomic E-state index is 0.119. The third-order valence-corrected chi connectivity index (χ3v) is 9.02. The average Bonchev–Trinajstić information content (AvgIpc) is 2.98. The molecule has 11 heteroatoms. The van der Waals surface area contributed by atoms with Crippen LogP contribution in [0, 0.1) is 17.2 Å². The summed E-state index contributed by atoms with van der Waals surface area (Å²) < 4.78 is 49.8. The molecule has 0 amide bonds. The van der Waals surface area contributed by atoms with E-state index in [9.17, 15) is 4.57 Å². The first-order valence-electron chi connectivity index (χ1n) is 10.5. The van der Waals surface area contributed by atoms with Crippen LogP contribution in [0.3, 0.4) is 0 Å². The molecule has 0 aliphatic carbocycles. The lowest BCUT2D eigenvalue weighted by molar-refractivity contribution is -0.117. The predicted octanol–water partition coefficient (Wildman–Crippen LogP) is 4.45. The molecule has 178 valence electrons. The Balaban J connectivity index is 2.36. The van der Waals surface area contributed by atoms with E-state index in [2.05, 4.69) is 45.4 Å². The van der Waals surface area contributed by atoms with Crippen LogP contribution in [0.15, 0.2) is 11.9 Å². The SMILES string of the molecule is COP(=O)(/C=C/[C@@]12CO[C@@H]([C@H](C)CO1)[C@@H]2OP(OCCC#N)N(C(C)C)C(C)C)OC.